The number of furan rings is 1. The zero-order chi connectivity index (χ0) is 24.5. The highest BCUT2D eigenvalue weighted by molar-refractivity contribution is 5.96. The highest BCUT2D eigenvalue weighted by Crippen LogP contribution is 2.24. The van der Waals surface area contributed by atoms with Gasteiger partial charge in [-0.1, -0.05) is 24.3 Å². The first-order valence-electron chi connectivity index (χ1n) is 10.5. The lowest BCUT2D eigenvalue weighted by Gasteiger charge is -2.06. The summed E-state index contributed by atoms with van der Waals surface area (Å²) in [6.45, 7) is 0.148. The molecule has 0 saturated carbocycles. The van der Waals surface area contributed by atoms with Crippen molar-refractivity contribution in [2.24, 2.45) is 0 Å². The second kappa shape index (κ2) is 11.3. The molecule has 0 aliphatic heterocycles. The number of hydrogen-bond donors (Lipinski definition) is 2. The average molecular weight is 473 g/mol. The van der Waals surface area contributed by atoms with Crippen LogP contribution in [0.4, 0.5) is 4.39 Å². The van der Waals surface area contributed by atoms with Crippen molar-refractivity contribution in [3.63, 3.8) is 0 Å². The number of ether oxygens (including phenoxy) is 2. The first kappa shape index (κ1) is 23.2. The number of amides is 2. The molecular formula is C26H20FN3O5. The smallest absolute Gasteiger partial charge is 0.305 e. The van der Waals surface area contributed by atoms with Crippen LogP contribution in [0.25, 0.3) is 6.08 Å². The normalized spacial score (nSPS) is 10.7. The van der Waals surface area contributed by atoms with Gasteiger partial charge in [-0.05, 0) is 60.2 Å². The van der Waals surface area contributed by atoms with Gasteiger partial charge in [-0.2, -0.15) is 0 Å². The molecule has 0 bridgehead atoms. The SMILES string of the molecule is O=C(/C=C/c1ccc(Oc2cccnc2)c(F)c1)NNC(=O)c1ccc(COc2ccccc2)o1. The first-order chi connectivity index (χ1) is 17.1. The molecule has 2 aromatic heterocycles. The second-order valence-electron chi connectivity index (χ2n) is 7.13. The molecule has 2 amide bonds. The van der Waals surface area contributed by atoms with Crippen LogP contribution in [0.5, 0.6) is 17.2 Å². The topological polar surface area (TPSA) is 103 Å². The molecule has 0 aliphatic carbocycles. The number of hydrogen-bond acceptors (Lipinski definition) is 6. The molecule has 2 heterocycles. The van der Waals surface area contributed by atoms with Gasteiger partial charge in [0.2, 0.25) is 0 Å². The van der Waals surface area contributed by atoms with Crippen LogP contribution in [-0.4, -0.2) is 16.8 Å². The van der Waals surface area contributed by atoms with E-state index in [1.807, 2.05) is 18.2 Å². The molecule has 4 rings (SSSR count). The number of pyridine rings is 1. The predicted molar refractivity (Wildman–Crippen MR) is 125 cm³/mol. The second-order valence-corrected chi connectivity index (χ2v) is 7.13. The third kappa shape index (κ3) is 6.78. The summed E-state index contributed by atoms with van der Waals surface area (Å²) in [5.41, 5.74) is 4.91. The Kier molecular flexibility index (Phi) is 7.49. The molecule has 0 aliphatic rings. The van der Waals surface area contributed by atoms with E-state index in [0.29, 0.717) is 22.8 Å². The number of hydrazine groups is 1. The molecule has 9 heteroatoms. The number of carbonyl (C=O) groups excluding carboxylic acids is 2. The third-order valence-electron chi connectivity index (χ3n) is 4.55. The zero-order valence-electron chi connectivity index (χ0n) is 18.3. The van der Waals surface area contributed by atoms with Crippen molar-refractivity contribution in [2.45, 2.75) is 6.61 Å². The Balaban J connectivity index is 1.25. The van der Waals surface area contributed by atoms with E-state index >= 15 is 0 Å². The van der Waals surface area contributed by atoms with Crippen LogP contribution in [0.2, 0.25) is 0 Å². The van der Waals surface area contributed by atoms with Crippen molar-refractivity contribution in [3.05, 3.63) is 114 Å². The van der Waals surface area contributed by atoms with Gasteiger partial charge in [0.15, 0.2) is 17.3 Å². The minimum Gasteiger partial charge on any atom is -0.486 e. The molecule has 0 atom stereocenters. The molecule has 0 unspecified atom stereocenters. The number of rotatable bonds is 8. The highest BCUT2D eigenvalue weighted by Gasteiger charge is 2.12. The summed E-state index contributed by atoms with van der Waals surface area (Å²) >= 11 is 0. The van der Waals surface area contributed by atoms with E-state index in [1.165, 1.54) is 30.5 Å². The Morgan fingerprint density at radius 3 is 2.57 bits per heavy atom. The van der Waals surface area contributed by atoms with E-state index in [0.717, 1.165) is 6.08 Å². The van der Waals surface area contributed by atoms with Crippen LogP contribution in [0.3, 0.4) is 0 Å². The maximum absolute atomic E-state index is 14.3. The van der Waals surface area contributed by atoms with Gasteiger partial charge in [0.25, 0.3) is 5.91 Å². The molecule has 0 spiro atoms. The van der Waals surface area contributed by atoms with Crippen molar-refractivity contribution < 1.29 is 27.9 Å². The fraction of sp³-hybridized carbons (Fsp3) is 0.0385. The van der Waals surface area contributed by atoms with Gasteiger partial charge in [0, 0.05) is 12.3 Å². The Hall–Kier alpha value is -4.92. The number of benzene rings is 2. The molecule has 8 nitrogen and oxygen atoms in total. The largest absolute Gasteiger partial charge is 0.486 e. The molecule has 176 valence electrons. The molecule has 4 aromatic rings. The van der Waals surface area contributed by atoms with Gasteiger partial charge in [-0.3, -0.25) is 25.4 Å². The third-order valence-corrected chi connectivity index (χ3v) is 4.55. The van der Waals surface area contributed by atoms with Crippen molar-refractivity contribution in [2.75, 3.05) is 0 Å². The van der Waals surface area contributed by atoms with E-state index < -0.39 is 17.6 Å². The predicted octanol–water partition coefficient (Wildman–Crippen LogP) is 4.66. The van der Waals surface area contributed by atoms with Crippen molar-refractivity contribution >= 4 is 17.9 Å². The number of nitrogens with one attached hydrogen (secondary N) is 2. The lowest BCUT2D eigenvalue weighted by Crippen LogP contribution is -2.40. The van der Waals surface area contributed by atoms with Gasteiger partial charge in [0.05, 0.1) is 6.20 Å². The number of halogens is 1. The van der Waals surface area contributed by atoms with Crippen LogP contribution in [-0.2, 0) is 11.4 Å². The van der Waals surface area contributed by atoms with E-state index in [2.05, 4.69) is 15.8 Å². The monoisotopic (exact) mass is 473 g/mol. The van der Waals surface area contributed by atoms with Gasteiger partial charge < -0.3 is 13.9 Å². The highest BCUT2D eigenvalue weighted by atomic mass is 19.1. The summed E-state index contributed by atoms with van der Waals surface area (Å²) in [6, 6.07) is 19.8. The van der Waals surface area contributed by atoms with Crippen molar-refractivity contribution in [1.82, 2.24) is 15.8 Å². The van der Waals surface area contributed by atoms with Gasteiger partial charge in [-0.15, -0.1) is 0 Å². The van der Waals surface area contributed by atoms with Gasteiger partial charge >= 0.3 is 5.91 Å². The molecule has 2 N–H and O–H groups in total. The van der Waals surface area contributed by atoms with Gasteiger partial charge in [0.1, 0.15) is 23.9 Å². The van der Waals surface area contributed by atoms with Crippen LogP contribution in [0, 0.1) is 5.82 Å². The number of nitrogens with zero attached hydrogens (tertiary/aromatic N) is 1. The molecule has 0 fully saturated rings. The minimum absolute atomic E-state index is 0.00668. The van der Waals surface area contributed by atoms with Crippen LogP contribution < -0.4 is 20.3 Å². The van der Waals surface area contributed by atoms with Crippen LogP contribution in [0.15, 0.2) is 95.7 Å². The standard InChI is InChI=1S/C26H20FN3O5/c27-22-15-18(8-11-23(22)34-20-7-4-14-28-16-20)9-13-25(31)29-30-26(32)24-12-10-21(35-24)17-33-19-5-2-1-3-6-19/h1-16H,17H2,(H,29,31)(H,30,32)/b13-9+. The molecule has 35 heavy (non-hydrogen) atoms. The zero-order valence-corrected chi connectivity index (χ0v) is 18.3. The fourth-order valence-corrected chi connectivity index (χ4v) is 2.88. The minimum atomic E-state index is -0.638. The van der Waals surface area contributed by atoms with Crippen molar-refractivity contribution in [3.8, 4) is 17.2 Å². The Bertz CT molecular complexity index is 1320. The van der Waals surface area contributed by atoms with E-state index in [1.54, 1.807) is 42.6 Å². The summed E-state index contributed by atoms with van der Waals surface area (Å²) in [4.78, 5) is 28.1. The summed E-state index contributed by atoms with van der Waals surface area (Å²) < 4.78 is 30.7. The average Bonchev–Trinajstić information content (AvgIpc) is 3.37. The number of carbonyl (C=O) groups is 2. The Morgan fingerprint density at radius 2 is 1.80 bits per heavy atom. The molecule has 2 aromatic carbocycles. The Morgan fingerprint density at radius 1 is 0.971 bits per heavy atom. The van der Waals surface area contributed by atoms with Crippen LogP contribution in [0.1, 0.15) is 21.9 Å². The molecule has 0 saturated heterocycles. The van der Waals surface area contributed by atoms with Crippen molar-refractivity contribution in [1.29, 1.82) is 0 Å². The van der Waals surface area contributed by atoms with Crippen LogP contribution >= 0.6 is 0 Å². The van der Waals surface area contributed by atoms with E-state index in [4.69, 9.17) is 13.9 Å². The first-order valence-corrected chi connectivity index (χ1v) is 10.5. The Labute approximate surface area is 200 Å². The van der Waals surface area contributed by atoms with Gasteiger partial charge in [-0.25, -0.2) is 4.39 Å². The van der Waals surface area contributed by atoms with E-state index in [-0.39, 0.29) is 18.1 Å². The maximum atomic E-state index is 14.3. The lowest BCUT2D eigenvalue weighted by atomic mass is 10.2. The number of para-hydroxylation sites is 1. The quantitative estimate of drug-likeness (QED) is 0.285. The summed E-state index contributed by atoms with van der Waals surface area (Å²) in [6.07, 6.45) is 5.59. The summed E-state index contributed by atoms with van der Waals surface area (Å²) in [7, 11) is 0. The number of aromatic nitrogens is 1. The lowest BCUT2D eigenvalue weighted by molar-refractivity contribution is -0.117. The maximum Gasteiger partial charge on any atom is 0.305 e. The molecule has 0 radical (unpaired) electrons. The fourth-order valence-electron chi connectivity index (χ4n) is 2.88. The summed E-state index contributed by atoms with van der Waals surface area (Å²) in [5.74, 6) is -0.306. The molecular weight excluding hydrogens is 453 g/mol. The van der Waals surface area contributed by atoms with E-state index in [9.17, 15) is 14.0 Å². The summed E-state index contributed by atoms with van der Waals surface area (Å²) in [5, 5.41) is 0.